The van der Waals surface area contributed by atoms with Crippen LogP contribution in [0.2, 0.25) is 0 Å². The van der Waals surface area contributed by atoms with E-state index >= 15 is 0 Å². The van der Waals surface area contributed by atoms with E-state index in [0.717, 1.165) is 0 Å². The zero-order valence-corrected chi connectivity index (χ0v) is 8.26. The second-order valence-corrected chi connectivity index (χ2v) is 3.03. The van der Waals surface area contributed by atoms with Gasteiger partial charge in [-0.15, -0.1) is 0 Å². The average molecular weight is 223 g/mol. The molecule has 0 aliphatic carbocycles. The molecule has 0 saturated heterocycles. The van der Waals surface area contributed by atoms with E-state index in [2.05, 4.69) is 4.74 Å². The van der Waals surface area contributed by atoms with Crippen molar-refractivity contribution in [1.82, 2.24) is 0 Å². The zero-order valence-electron chi connectivity index (χ0n) is 8.26. The fourth-order valence-electron chi connectivity index (χ4n) is 1.23. The number of carbonyl (C=O) groups excluding carboxylic acids is 2. The monoisotopic (exact) mass is 223 g/mol. The Morgan fingerprint density at radius 1 is 1.31 bits per heavy atom. The summed E-state index contributed by atoms with van der Waals surface area (Å²) in [4.78, 5) is 22.2. The fourth-order valence-corrected chi connectivity index (χ4v) is 1.23. The van der Waals surface area contributed by atoms with Gasteiger partial charge in [-0.1, -0.05) is 0 Å². The van der Waals surface area contributed by atoms with Gasteiger partial charge in [0.25, 0.3) is 0 Å². The third kappa shape index (κ3) is 1.96. The molecule has 1 aliphatic rings. The maximum atomic E-state index is 11.4. The van der Waals surface area contributed by atoms with Gasteiger partial charge in [0.2, 0.25) is 6.79 Å². The molecule has 0 aromatic heterocycles. The quantitative estimate of drug-likeness (QED) is 0.563. The van der Waals surface area contributed by atoms with Crippen LogP contribution in [0.5, 0.6) is 11.5 Å². The van der Waals surface area contributed by atoms with Crippen LogP contribution in [0.3, 0.4) is 0 Å². The van der Waals surface area contributed by atoms with Gasteiger partial charge < -0.3 is 19.9 Å². The molecule has 0 fully saturated rings. The molecule has 1 aromatic carbocycles. The van der Waals surface area contributed by atoms with E-state index in [4.69, 9.17) is 15.2 Å². The molecule has 16 heavy (non-hydrogen) atoms. The van der Waals surface area contributed by atoms with Gasteiger partial charge in [-0.3, -0.25) is 4.79 Å². The molecule has 0 saturated carbocycles. The molecule has 1 heterocycles. The highest BCUT2D eigenvalue weighted by Gasteiger charge is 2.18. The molecule has 0 atom stereocenters. The van der Waals surface area contributed by atoms with E-state index in [1.807, 2.05) is 0 Å². The number of hydrogen-bond donors (Lipinski definition) is 1. The van der Waals surface area contributed by atoms with Crippen molar-refractivity contribution in [2.24, 2.45) is 5.73 Å². The first-order valence-corrected chi connectivity index (χ1v) is 4.55. The van der Waals surface area contributed by atoms with Crippen molar-refractivity contribution < 1.29 is 23.8 Å². The van der Waals surface area contributed by atoms with Crippen molar-refractivity contribution >= 4 is 11.9 Å². The summed E-state index contributed by atoms with van der Waals surface area (Å²) in [5.74, 6) is -0.521. The number of carbonyl (C=O) groups is 2. The van der Waals surface area contributed by atoms with Gasteiger partial charge in [0, 0.05) is 0 Å². The minimum Gasteiger partial charge on any atom is -0.454 e. The van der Waals surface area contributed by atoms with E-state index in [0.29, 0.717) is 11.5 Å². The van der Waals surface area contributed by atoms with Crippen LogP contribution in [0.1, 0.15) is 10.4 Å². The maximum absolute atomic E-state index is 11.4. The molecule has 84 valence electrons. The van der Waals surface area contributed by atoms with Crippen LogP contribution in [0.15, 0.2) is 18.2 Å². The van der Waals surface area contributed by atoms with Crippen molar-refractivity contribution in [3.63, 3.8) is 0 Å². The summed E-state index contributed by atoms with van der Waals surface area (Å²) >= 11 is 0. The molecule has 2 rings (SSSR count). The van der Waals surface area contributed by atoms with Crippen LogP contribution < -0.4 is 15.2 Å². The Bertz CT molecular complexity index is 443. The van der Waals surface area contributed by atoms with Crippen molar-refractivity contribution in [3.05, 3.63) is 23.8 Å². The molecule has 0 unspecified atom stereocenters. The van der Waals surface area contributed by atoms with Crippen LogP contribution in [0.25, 0.3) is 0 Å². The number of nitrogens with two attached hydrogens (primary N) is 1. The van der Waals surface area contributed by atoms with Gasteiger partial charge in [0.05, 0.1) is 12.1 Å². The molecular formula is C10H9NO5. The molecule has 6 heteroatoms. The lowest BCUT2D eigenvalue weighted by atomic mass is 10.2. The normalized spacial score (nSPS) is 12.3. The summed E-state index contributed by atoms with van der Waals surface area (Å²) in [5.41, 5.74) is 5.23. The standard InChI is InChI=1S/C10H9NO5/c11-4-9(12)16-10(13)6-1-2-7-8(3-6)15-5-14-7/h1-3H,4-5,11H2. The second kappa shape index (κ2) is 4.19. The van der Waals surface area contributed by atoms with Crippen molar-refractivity contribution in [2.45, 2.75) is 0 Å². The molecule has 0 spiro atoms. The van der Waals surface area contributed by atoms with Crippen LogP contribution in [0.4, 0.5) is 0 Å². The topological polar surface area (TPSA) is 87.9 Å². The Hall–Kier alpha value is -2.08. The van der Waals surface area contributed by atoms with E-state index in [9.17, 15) is 9.59 Å². The first-order chi connectivity index (χ1) is 7.70. The van der Waals surface area contributed by atoms with E-state index < -0.39 is 11.9 Å². The lowest BCUT2D eigenvalue weighted by Crippen LogP contribution is -2.20. The minimum absolute atomic E-state index is 0.121. The van der Waals surface area contributed by atoms with Crippen molar-refractivity contribution in [1.29, 1.82) is 0 Å². The summed E-state index contributed by atoms with van der Waals surface area (Å²) < 4.78 is 14.6. The third-order valence-electron chi connectivity index (χ3n) is 1.98. The SMILES string of the molecule is NCC(=O)OC(=O)c1ccc2c(c1)OCO2. The van der Waals surface area contributed by atoms with E-state index in [1.54, 1.807) is 6.07 Å². The summed E-state index contributed by atoms with van der Waals surface area (Å²) in [6, 6.07) is 4.51. The molecule has 0 bridgehead atoms. The van der Waals surface area contributed by atoms with Crippen LogP contribution in [-0.4, -0.2) is 25.3 Å². The lowest BCUT2D eigenvalue weighted by Gasteiger charge is -2.02. The minimum atomic E-state index is -0.775. The Morgan fingerprint density at radius 2 is 2.06 bits per heavy atom. The highest BCUT2D eigenvalue weighted by molar-refractivity contribution is 5.97. The van der Waals surface area contributed by atoms with E-state index in [1.165, 1.54) is 12.1 Å². The highest BCUT2D eigenvalue weighted by atomic mass is 16.7. The number of ether oxygens (including phenoxy) is 3. The summed E-state index contributed by atoms with van der Waals surface area (Å²) in [6.07, 6.45) is 0. The molecular weight excluding hydrogens is 214 g/mol. The van der Waals surface area contributed by atoms with Crippen LogP contribution in [-0.2, 0) is 9.53 Å². The molecule has 0 radical (unpaired) electrons. The predicted octanol–water partition coefficient (Wildman–Crippen LogP) is 0.0574. The summed E-state index contributed by atoms with van der Waals surface area (Å²) in [7, 11) is 0. The Morgan fingerprint density at radius 3 is 2.81 bits per heavy atom. The second-order valence-electron chi connectivity index (χ2n) is 3.03. The summed E-state index contributed by atoms with van der Waals surface area (Å²) in [6.45, 7) is -0.216. The van der Waals surface area contributed by atoms with Crippen molar-refractivity contribution in [2.75, 3.05) is 13.3 Å². The number of benzene rings is 1. The average Bonchev–Trinajstić information content (AvgIpc) is 2.75. The van der Waals surface area contributed by atoms with Crippen LogP contribution >= 0.6 is 0 Å². The Kier molecular flexibility index (Phi) is 2.74. The number of rotatable bonds is 2. The Labute approximate surface area is 90.9 Å². The first-order valence-electron chi connectivity index (χ1n) is 4.55. The molecule has 6 nitrogen and oxygen atoms in total. The smallest absolute Gasteiger partial charge is 0.345 e. The van der Waals surface area contributed by atoms with Gasteiger partial charge in [-0.25, -0.2) is 4.79 Å². The number of fused-ring (bicyclic) bond motifs is 1. The highest BCUT2D eigenvalue weighted by Crippen LogP contribution is 2.32. The first kappa shape index (κ1) is 10.4. The van der Waals surface area contributed by atoms with E-state index in [-0.39, 0.29) is 18.9 Å². The molecule has 2 N–H and O–H groups in total. The molecule has 1 aliphatic heterocycles. The lowest BCUT2D eigenvalue weighted by molar-refractivity contribution is -0.136. The van der Waals surface area contributed by atoms with Gasteiger partial charge >= 0.3 is 11.9 Å². The largest absolute Gasteiger partial charge is 0.454 e. The third-order valence-corrected chi connectivity index (χ3v) is 1.98. The van der Waals surface area contributed by atoms with Crippen LogP contribution in [0, 0.1) is 0 Å². The van der Waals surface area contributed by atoms with Crippen molar-refractivity contribution in [3.8, 4) is 11.5 Å². The van der Waals surface area contributed by atoms with Gasteiger partial charge in [0.15, 0.2) is 11.5 Å². The van der Waals surface area contributed by atoms with Gasteiger partial charge in [-0.2, -0.15) is 0 Å². The molecule has 1 aromatic rings. The maximum Gasteiger partial charge on any atom is 0.345 e. The fraction of sp³-hybridized carbons (Fsp3) is 0.200. The zero-order chi connectivity index (χ0) is 11.5. The summed E-state index contributed by atoms with van der Waals surface area (Å²) in [5, 5.41) is 0. The van der Waals surface area contributed by atoms with Gasteiger partial charge in [0.1, 0.15) is 0 Å². The predicted molar refractivity (Wildman–Crippen MR) is 52.0 cm³/mol. The number of esters is 2. The number of hydrogen-bond acceptors (Lipinski definition) is 6. The van der Waals surface area contributed by atoms with Gasteiger partial charge in [-0.05, 0) is 18.2 Å². The molecule has 0 amide bonds. The Balaban J connectivity index is 2.15.